The summed E-state index contributed by atoms with van der Waals surface area (Å²) in [6, 6.07) is 1.92. The summed E-state index contributed by atoms with van der Waals surface area (Å²) in [5.74, 6) is 1.72. The van der Waals surface area contributed by atoms with Crippen molar-refractivity contribution in [2.24, 2.45) is 5.92 Å². The molecule has 4 heteroatoms. The van der Waals surface area contributed by atoms with E-state index in [1.54, 1.807) is 6.20 Å². The molecule has 1 aromatic rings. The van der Waals surface area contributed by atoms with Gasteiger partial charge in [0.15, 0.2) is 0 Å². The fourth-order valence-corrected chi connectivity index (χ4v) is 1.56. The maximum absolute atomic E-state index is 5.63. The van der Waals surface area contributed by atoms with Crippen LogP contribution in [0.4, 0.5) is 11.5 Å². The van der Waals surface area contributed by atoms with Crippen molar-refractivity contribution in [2.75, 3.05) is 30.8 Å². The molecule has 0 aliphatic heterocycles. The monoisotopic (exact) mass is 221 g/mol. The molecule has 0 spiro atoms. The zero-order valence-electron chi connectivity index (χ0n) is 9.70. The zero-order chi connectivity index (χ0) is 11.4. The molecule has 88 valence electrons. The van der Waals surface area contributed by atoms with Gasteiger partial charge in [0.1, 0.15) is 5.82 Å². The number of ether oxygens (including phenoxy) is 1. The highest BCUT2D eigenvalue weighted by molar-refractivity contribution is 5.50. The fraction of sp³-hybridized carbons (Fsp3) is 0.583. The van der Waals surface area contributed by atoms with Crippen molar-refractivity contribution in [2.45, 2.75) is 19.8 Å². The number of aromatic nitrogens is 1. The van der Waals surface area contributed by atoms with Gasteiger partial charge in [0.25, 0.3) is 0 Å². The Morgan fingerprint density at radius 3 is 3.06 bits per heavy atom. The van der Waals surface area contributed by atoms with Crippen molar-refractivity contribution < 1.29 is 4.74 Å². The smallest absolute Gasteiger partial charge is 0.129 e. The second kappa shape index (κ2) is 5.16. The summed E-state index contributed by atoms with van der Waals surface area (Å²) in [4.78, 5) is 4.23. The SMILES string of the molecule is Cc1cc(N)cnc1NCCOCC1CC1. The third-order valence-corrected chi connectivity index (χ3v) is 2.69. The summed E-state index contributed by atoms with van der Waals surface area (Å²) < 4.78 is 5.53. The molecule has 0 atom stereocenters. The normalized spacial score (nSPS) is 15.1. The molecule has 0 unspecified atom stereocenters. The van der Waals surface area contributed by atoms with Crippen LogP contribution in [0, 0.1) is 12.8 Å². The maximum Gasteiger partial charge on any atom is 0.129 e. The number of rotatable bonds is 6. The lowest BCUT2D eigenvalue weighted by Gasteiger charge is -2.09. The number of nitrogens with zero attached hydrogens (tertiary/aromatic N) is 1. The minimum Gasteiger partial charge on any atom is -0.397 e. The topological polar surface area (TPSA) is 60.2 Å². The Morgan fingerprint density at radius 2 is 2.38 bits per heavy atom. The molecule has 1 aliphatic carbocycles. The van der Waals surface area contributed by atoms with Crippen molar-refractivity contribution in [1.29, 1.82) is 0 Å². The van der Waals surface area contributed by atoms with Crippen LogP contribution in [0.3, 0.4) is 0 Å². The largest absolute Gasteiger partial charge is 0.397 e. The molecule has 1 heterocycles. The van der Waals surface area contributed by atoms with Crippen molar-refractivity contribution >= 4 is 11.5 Å². The fourth-order valence-electron chi connectivity index (χ4n) is 1.56. The summed E-state index contributed by atoms with van der Waals surface area (Å²) in [6.07, 6.45) is 4.35. The molecular formula is C12H19N3O. The molecule has 2 rings (SSSR count). The number of pyridine rings is 1. The molecule has 0 aromatic carbocycles. The first-order valence-corrected chi connectivity index (χ1v) is 5.79. The van der Waals surface area contributed by atoms with Gasteiger partial charge in [0.05, 0.1) is 18.5 Å². The summed E-state index contributed by atoms with van der Waals surface area (Å²) in [5.41, 5.74) is 7.40. The summed E-state index contributed by atoms with van der Waals surface area (Å²) >= 11 is 0. The van der Waals surface area contributed by atoms with Gasteiger partial charge in [-0.3, -0.25) is 0 Å². The summed E-state index contributed by atoms with van der Waals surface area (Å²) in [7, 11) is 0. The quantitative estimate of drug-likeness (QED) is 0.719. The first kappa shape index (κ1) is 11.2. The highest BCUT2D eigenvalue weighted by Crippen LogP contribution is 2.28. The average Bonchev–Trinajstić information content (AvgIpc) is 3.04. The predicted octanol–water partition coefficient (Wildman–Crippen LogP) is 1.81. The number of anilines is 2. The Hall–Kier alpha value is -1.29. The molecule has 1 fully saturated rings. The second-order valence-electron chi connectivity index (χ2n) is 4.38. The Labute approximate surface area is 96.2 Å². The lowest BCUT2D eigenvalue weighted by molar-refractivity contribution is 0.134. The van der Waals surface area contributed by atoms with E-state index in [1.807, 2.05) is 13.0 Å². The Morgan fingerprint density at radius 1 is 1.56 bits per heavy atom. The number of nitrogens with two attached hydrogens (primary N) is 1. The van der Waals surface area contributed by atoms with E-state index in [-0.39, 0.29) is 0 Å². The lowest BCUT2D eigenvalue weighted by Crippen LogP contribution is -2.12. The third kappa shape index (κ3) is 3.38. The minimum absolute atomic E-state index is 0.702. The number of nitrogens with one attached hydrogen (secondary N) is 1. The van der Waals surface area contributed by atoms with Gasteiger partial charge in [-0.1, -0.05) is 0 Å². The van der Waals surface area contributed by atoms with Gasteiger partial charge in [0, 0.05) is 13.2 Å². The zero-order valence-corrected chi connectivity index (χ0v) is 9.70. The molecule has 0 bridgehead atoms. The van der Waals surface area contributed by atoms with Gasteiger partial charge in [-0.25, -0.2) is 4.98 Å². The van der Waals surface area contributed by atoms with Crippen LogP contribution in [0.1, 0.15) is 18.4 Å². The molecule has 1 saturated carbocycles. The van der Waals surface area contributed by atoms with E-state index in [0.29, 0.717) is 5.69 Å². The van der Waals surface area contributed by atoms with Gasteiger partial charge < -0.3 is 15.8 Å². The van der Waals surface area contributed by atoms with E-state index < -0.39 is 0 Å². The Kier molecular flexibility index (Phi) is 3.62. The first-order chi connectivity index (χ1) is 7.75. The van der Waals surface area contributed by atoms with Crippen LogP contribution in [0.2, 0.25) is 0 Å². The van der Waals surface area contributed by atoms with Crippen LogP contribution < -0.4 is 11.1 Å². The van der Waals surface area contributed by atoms with E-state index in [1.165, 1.54) is 12.8 Å². The van der Waals surface area contributed by atoms with E-state index in [4.69, 9.17) is 10.5 Å². The number of nitrogen functional groups attached to an aromatic ring is 1. The number of aryl methyl sites for hydroxylation is 1. The van der Waals surface area contributed by atoms with Crippen molar-refractivity contribution in [3.63, 3.8) is 0 Å². The highest BCUT2D eigenvalue weighted by atomic mass is 16.5. The first-order valence-electron chi connectivity index (χ1n) is 5.79. The average molecular weight is 221 g/mol. The van der Waals surface area contributed by atoms with Crippen molar-refractivity contribution in [3.05, 3.63) is 17.8 Å². The summed E-state index contributed by atoms with van der Waals surface area (Å²) in [5, 5.41) is 3.24. The van der Waals surface area contributed by atoms with E-state index >= 15 is 0 Å². The number of hydrogen-bond acceptors (Lipinski definition) is 4. The van der Waals surface area contributed by atoms with Crippen LogP contribution in [0.15, 0.2) is 12.3 Å². The molecule has 0 amide bonds. The van der Waals surface area contributed by atoms with Crippen LogP contribution >= 0.6 is 0 Å². The molecule has 0 saturated heterocycles. The van der Waals surface area contributed by atoms with Crippen LogP contribution in [-0.2, 0) is 4.74 Å². The van der Waals surface area contributed by atoms with Crippen molar-refractivity contribution in [3.8, 4) is 0 Å². The van der Waals surface area contributed by atoms with Gasteiger partial charge in [-0.05, 0) is 37.3 Å². The third-order valence-electron chi connectivity index (χ3n) is 2.69. The standard InChI is InChI=1S/C12H19N3O/c1-9-6-11(13)7-15-12(9)14-4-5-16-8-10-2-3-10/h6-7,10H,2-5,8,13H2,1H3,(H,14,15). The molecule has 1 aromatic heterocycles. The molecule has 3 N–H and O–H groups in total. The Balaban J connectivity index is 1.67. The number of hydrogen-bond donors (Lipinski definition) is 2. The Bertz CT molecular complexity index is 350. The van der Waals surface area contributed by atoms with E-state index in [0.717, 1.165) is 37.1 Å². The van der Waals surface area contributed by atoms with Crippen molar-refractivity contribution in [1.82, 2.24) is 4.98 Å². The molecular weight excluding hydrogens is 202 g/mol. The van der Waals surface area contributed by atoms with Gasteiger partial charge >= 0.3 is 0 Å². The molecule has 4 nitrogen and oxygen atoms in total. The van der Waals surface area contributed by atoms with Crippen LogP contribution in [-0.4, -0.2) is 24.7 Å². The molecule has 0 radical (unpaired) electrons. The highest BCUT2D eigenvalue weighted by Gasteiger charge is 2.20. The van der Waals surface area contributed by atoms with Crippen LogP contribution in [0.25, 0.3) is 0 Å². The molecule has 1 aliphatic rings. The minimum atomic E-state index is 0.702. The van der Waals surface area contributed by atoms with Gasteiger partial charge in [0.2, 0.25) is 0 Å². The second-order valence-corrected chi connectivity index (χ2v) is 4.38. The molecule has 16 heavy (non-hydrogen) atoms. The van der Waals surface area contributed by atoms with E-state index in [9.17, 15) is 0 Å². The predicted molar refractivity (Wildman–Crippen MR) is 65.4 cm³/mol. The van der Waals surface area contributed by atoms with Gasteiger partial charge in [-0.2, -0.15) is 0 Å². The lowest BCUT2D eigenvalue weighted by atomic mass is 10.2. The van der Waals surface area contributed by atoms with E-state index in [2.05, 4.69) is 10.3 Å². The maximum atomic E-state index is 5.63. The summed E-state index contributed by atoms with van der Waals surface area (Å²) in [6.45, 7) is 4.44. The van der Waals surface area contributed by atoms with Gasteiger partial charge in [-0.15, -0.1) is 0 Å². The van der Waals surface area contributed by atoms with Crippen LogP contribution in [0.5, 0.6) is 0 Å².